The monoisotopic (exact) mass is 247 g/mol. The molecule has 6 nitrogen and oxygen atoms in total. The van der Waals surface area contributed by atoms with Gasteiger partial charge < -0.3 is 5.32 Å². The van der Waals surface area contributed by atoms with Crippen LogP contribution in [-0.2, 0) is 0 Å². The minimum Gasteiger partial charge on any atom is -0.319 e. The minimum absolute atomic E-state index is 0.102. The summed E-state index contributed by atoms with van der Waals surface area (Å²) in [5, 5.41) is 17.5. The van der Waals surface area contributed by atoms with Crippen molar-refractivity contribution in [2.45, 2.75) is 0 Å². The molecule has 0 aliphatic carbocycles. The van der Waals surface area contributed by atoms with Gasteiger partial charge in [0.25, 0.3) is 5.91 Å². The van der Waals surface area contributed by atoms with Gasteiger partial charge in [-0.25, -0.2) is 4.98 Å². The number of carbonyl (C=O) groups is 1. The highest BCUT2D eigenvalue weighted by Crippen LogP contribution is 2.20. The number of benzene rings is 1. The second-order valence-electron chi connectivity index (χ2n) is 3.09. The number of rotatable bonds is 2. The Balaban J connectivity index is 2.18. The number of hydrogen-bond acceptors (Lipinski definition) is 4. The van der Waals surface area contributed by atoms with Gasteiger partial charge in [-0.2, -0.15) is 10.4 Å². The van der Waals surface area contributed by atoms with Crippen molar-refractivity contribution in [2.75, 3.05) is 5.32 Å². The molecule has 1 aromatic carbocycles. The number of nitriles is 1. The van der Waals surface area contributed by atoms with Gasteiger partial charge in [-0.15, -0.1) is 0 Å². The second-order valence-corrected chi connectivity index (χ2v) is 3.50. The molecule has 2 rings (SSSR count). The van der Waals surface area contributed by atoms with E-state index in [4.69, 9.17) is 16.9 Å². The Kier molecular flexibility index (Phi) is 3.03. The summed E-state index contributed by atoms with van der Waals surface area (Å²) in [4.78, 5) is 15.3. The highest BCUT2D eigenvalue weighted by Gasteiger charge is 2.09. The largest absolute Gasteiger partial charge is 0.319 e. The Bertz CT molecular complexity index is 587. The second kappa shape index (κ2) is 4.63. The lowest BCUT2D eigenvalue weighted by Gasteiger charge is -2.03. The topological polar surface area (TPSA) is 94.5 Å². The zero-order valence-corrected chi connectivity index (χ0v) is 9.19. The molecule has 2 aromatic rings. The van der Waals surface area contributed by atoms with Gasteiger partial charge in [0.05, 0.1) is 10.6 Å². The molecule has 0 spiro atoms. The predicted octanol–water partition coefficient (Wildman–Crippen LogP) is 1.58. The summed E-state index contributed by atoms with van der Waals surface area (Å²) in [5.74, 6) is -0.325. The molecular weight excluding hydrogens is 242 g/mol. The lowest BCUT2D eigenvalue weighted by atomic mass is 10.2. The highest BCUT2D eigenvalue weighted by atomic mass is 35.5. The number of nitrogens with zero attached hydrogens (tertiary/aromatic N) is 3. The molecule has 17 heavy (non-hydrogen) atoms. The lowest BCUT2D eigenvalue weighted by molar-refractivity contribution is 0.101. The van der Waals surface area contributed by atoms with Gasteiger partial charge in [0.15, 0.2) is 0 Å². The zero-order chi connectivity index (χ0) is 12.3. The van der Waals surface area contributed by atoms with Gasteiger partial charge in [0, 0.05) is 5.69 Å². The van der Waals surface area contributed by atoms with Crippen molar-refractivity contribution in [1.29, 1.82) is 5.26 Å². The van der Waals surface area contributed by atoms with E-state index in [1.165, 1.54) is 18.5 Å². The summed E-state index contributed by atoms with van der Waals surface area (Å²) < 4.78 is 0. The maximum Gasteiger partial charge on any atom is 0.292 e. The van der Waals surface area contributed by atoms with Crippen molar-refractivity contribution in [3.8, 4) is 6.07 Å². The fraction of sp³-hybridized carbons (Fsp3) is 0. The molecule has 1 heterocycles. The Labute approximate surface area is 101 Å². The molecule has 0 unspecified atom stereocenters. The Morgan fingerprint density at radius 3 is 2.94 bits per heavy atom. The first kappa shape index (κ1) is 11.1. The van der Waals surface area contributed by atoms with E-state index in [0.717, 1.165) is 0 Å². The van der Waals surface area contributed by atoms with Gasteiger partial charge in [0.2, 0.25) is 5.82 Å². The quantitative estimate of drug-likeness (QED) is 0.842. The summed E-state index contributed by atoms with van der Waals surface area (Å²) in [6.07, 6.45) is 1.24. The average Bonchev–Trinajstić information content (AvgIpc) is 2.82. The first-order valence-corrected chi connectivity index (χ1v) is 4.95. The van der Waals surface area contributed by atoms with Crippen LogP contribution in [0.3, 0.4) is 0 Å². The number of amides is 1. The Hall–Kier alpha value is -2.39. The molecule has 0 aliphatic heterocycles. The van der Waals surface area contributed by atoms with Crippen LogP contribution in [0.2, 0.25) is 5.02 Å². The molecule has 0 atom stereocenters. The number of aromatic amines is 1. The molecule has 0 aliphatic rings. The van der Waals surface area contributed by atoms with Crippen LogP contribution in [0.25, 0.3) is 0 Å². The van der Waals surface area contributed by atoms with Crippen LogP contribution in [0.15, 0.2) is 24.5 Å². The smallest absolute Gasteiger partial charge is 0.292 e. The van der Waals surface area contributed by atoms with Crippen molar-refractivity contribution in [3.05, 3.63) is 40.9 Å². The molecular formula is C10H6ClN5O. The van der Waals surface area contributed by atoms with Crippen molar-refractivity contribution < 1.29 is 4.79 Å². The SMILES string of the molecule is N#Cc1ccc(NC(=O)c2ncn[nH]2)cc1Cl. The van der Waals surface area contributed by atoms with Gasteiger partial charge in [0.1, 0.15) is 12.4 Å². The first-order valence-electron chi connectivity index (χ1n) is 4.57. The van der Waals surface area contributed by atoms with Crippen LogP contribution in [0.4, 0.5) is 5.69 Å². The number of carbonyl (C=O) groups excluding carboxylic acids is 1. The fourth-order valence-corrected chi connectivity index (χ4v) is 1.41. The predicted molar refractivity (Wildman–Crippen MR) is 60.5 cm³/mol. The lowest BCUT2D eigenvalue weighted by Crippen LogP contribution is -2.13. The summed E-state index contributed by atoms with van der Waals surface area (Å²) in [5.41, 5.74) is 0.833. The fourth-order valence-electron chi connectivity index (χ4n) is 1.19. The van der Waals surface area contributed by atoms with E-state index in [9.17, 15) is 4.79 Å². The van der Waals surface area contributed by atoms with Gasteiger partial charge in [-0.3, -0.25) is 9.89 Å². The number of aromatic nitrogens is 3. The maximum atomic E-state index is 11.6. The number of H-pyrrole nitrogens is 1. The van der Waals surface area contributed by atoms with Crippen LogP contribution in [0.1, 0.15) is 16.2 Å². The summed E-state index contributed by atoms with van der Waals surface area (Å²) in [7, 11) is 0. The van der Waals surface area contributed by atoms with Crippen molar-refractivity contribution >= 4 is 23.2 Å². The number of halogens is 1. The van der Waals surface area contributed by atoms with Gasteiger partial charge >= 0.3 is 0 Å². The molecule has 0 saturated heterocycles. The van der Waals surface area contributed by atoms with E-state index in [1.807, 2.05) is 6.07 Å². The molecule has 1 amide bonds. The van der Waals surface area contributed by atoms with E-state index in [-0.39, 0.29) is 10.8 Å². The normalized spacial score (nSPS) is 9.65. The van der Waals surface area contributed by atoms with E-state index in [2.05, 4.69) is 20.5 Å². The summed E-state index contributed by atoms with van der Waals surface area (Å²) in [6, 6.07) is 6.53. The Morgan fingerprint density at radius 2 is 2.35 bits per heavy atom. The summed E-state index contributed by atoms with van der Waals surface area (Å²) >= 11 is 5.83. The average molecular weight is 248 g/mol. The number of hydrogen-bond donors (Lipinski definition) is 2. The minimum atomic E-state index is -0.428. The zero-order valence-electron chi connectivity index (χ0n) is 8.44. The van der Waals surface area contributed by atoms with Crippen molar-refractivity contribution in [2.24, 2.45) is 0 Å². The van der Waals surface area contributed by atoms with Gasteiger partial charge in [-0.05, 0) is 18.2 Å². The van der Waals surface area contributed by atoms with Crippen LogP contribution in [-0.4, -0.2) is 21.1 Å². The van der Waals surface area contributed by atoms with Crippen molar-refractivity contribution in [3.63, 3.8) is 0 Å². The van der Waals surface area contributed by atoms with Crippen molar-refractivity contribution in [1.82, 2.24) is 15.2 Å². The summed E-state index contributed by atoms with van der Waals surface area (Å²) in [6.45, 7) is 0. The molecule has 0 radical (unpaired) electrons. The third-order valence-electron chi connectivity index (χ3n) is 1.98. The van der Waals surface area contributed by atoms with Crippen LogP contribution in [0.5, 0.6) is 0 Å². The van der Waals surface area contributed by atoms with Crippen LogP contribution >= 0.6 is 11.6 Å². The van der Waals surface area contributed by atoms with Crippen LogP contribution < -0.4 is 5.32 Å². The van der Waals surface area contributed by atoms with E-state index in [1.54, 1.807) is 6.07 Å². The molecule has 0 bridgehead atoms. The van der Waals surface area contributed by atoms with Crippen LogP contribution in [0, 0.1) is 11.3 Å². The molecule has 84 valence electrons. The van der Waals surface area contributed by atoms with E-state index < -0.39 is 5.91 Å². The number of nitrogens with one attached hydrogen (secondary N) is 2. The van der Waals surface area contributed by atoms with E-state index in [0.29, 0.717) is 11.3 Å². The molecule has 2 N–H and O–H groups in total. The highest BCUT2D eigenvalue weighted by molar-refractivity contribution is 6.32. The maximum absolute atomic E-state index is 11.6. The van der Waals surface area contributed by atoms with Gasteiger partial charge in [-0.1, -0.05) is 11.6 Å². The molecule has 7 heteroatoms. The first-order chi connectivity index (χ1) is 8.20. The Morgan fingerprint density at radius 1 is 1.53 bits per heavy atom. The number of anilines is 1. The van der Waals surface area contributed by atoms with E-state index >= 15 is 0 Å². The molecule has 0 saturated carbocycles. The third-order valence-corrected chi connectivity index (χ3v) is 2.29. The third kappa shape index (κ3) is 2.41. The molecule has 0 fully saturated rings. The molecule has 1 aromatic heterocycles. The standard InChI is InChI=1S/C10H6ClN5O/c11-8-3-7(2-1-6(8)4-12)15-10(17)9-13-5-14-16-9/h1-3,5H,(H,15,17)(H,13,14,16).